The Morgan fingerprint density at radius 3 is 2.72 bits per heavy atom. The number of aryl methyl sites for hydroxylation is 2. The van der Waals surface area contributed by atoms with Crippen molar-refractivity contribution in [3.8, 4) is 0 Å². The highest BCUT2D eigenvalue weighted by atomic mass is 35.5. The van der Waals surface area contributed by atoms with E-state index in [0.717, 1.165) is 42.9 Å². The number of Topliss-reactive ketones (excluding diaryl/α,β-unsaturated/α-hetero) is 1. The fourth-order valence-corrected chi connectivity index (χ4v) is 4.91. The topological polar surface area (TPSA) is 75.4 Å². The van der Waals surface area contributed by atoms with Crippen LogP contribution < -0.4 is 0 Å². The minimum Gasteiger partial charge on any atom is -0.454 e. The molecule has 0 aliphatic carbocycles. The molecule has 1 aliphatic rings. The van der Waals surface area contributed by atoms with Crippen LogP contribution in [0.25, 0.3) is 6.08 Å². The van der Waals surface area contributed by atoms with E-state index in [1.165, 1.54) is 6.08 Å². The van der Waals surface area contributed by atoms with Crippen LogP contribution in [0.1, 0.15) is 51.4 Å². The molecule has 3 aromatic rings. The van der Waals surface area contributed by atoms with Crippen LogP contribution in [0.4, 0.5) is 0 Å². The summed E-state index contributed by atoms with van der Waals surface area (Å²) in [5, 5.41) is 5.46. The van der Waals surface area contributed by atoms with Gasteiger partial charge in [-0.05, 0) is 57.4 Å². The lowest BCUT2D eigenvalue weighted by molar-refractivity contribution is -0.136. The summed E-state index contributed by atoms with van der Waals surface area (Å²) in [5.74, 6) is -0.879. The largest absolute Gasteiger partial charge is 0.454 e. The Morgan fingerprint density at radius 1 is 1.22 bits per heavy atom. The minimum absolute atomic E-state index is 0.171. The molecule has 2 aromatic heterocycles. The van der Waals surface area contributed by atoms with Gasteiger partial charge < -0.3 is 14.0 Å². The maximum atomic E-state index is 12.8. The van der Waals surface area contributed by atoms with Crippen molar-refractivity contribution in [3.63, 3.8) is 0 Å². The van der Waals surface area contributed by atoms with Crippen LogP contribution in [0.2, 0.25) is 10.2 Å². The average Bonchev–Trinajstić information content (AvgIpc) is 3.53. The molecular formula is C27H29Cl2N3O4. The van der Waals surface area contributed by atoms with Crippen molar-refractivity contribution in [1.29, 1.82) is 0 Å². The van der Waals surface area contributed by atoms with Crippen molar-refractivity contribution < 1.29 is 19.1 Å². The first-order valence-corrected chi connectivity index (χ1v) is 12.6. The Kier molecular flexibility index (Phi) is 8.34. The van der Waals surface area contributed by atoms with E-state index in [1.807, 2.05) is 38.1 Å². The fraction of sp³-hybridized carbons (Fsp3) is 0.370. The van der Waals surface area contributed by atoms with E-state index in [-0.39, 0.29) is 18.5 Å². The molecule has 0 radical (unpaired) electrons. The quantitative estimate of drug-likeness (QED) is 0.205. The third-order valence-electron chi connectivity index (χ3n) is 6.40. The number of carbonyl (C=O) groups excluding carboxylic acids is 2. The second-order valence-electron chi connectivity index (χ2n) is 8.93. The number of ether oxygens (including phenoxy) is 2. The summed E-state index contributed by atoms with van der Waals surface area (Å²) in [6.07, 6.45) is 5.06. The standard InChI is InChI=1S/C27H29Cl2N3O4/c1-17-13-23(19(3)31(17)15-21-8-6-12-35-21)25(33)16-36-26(34)11-10-22-18(2)30-32(27(22)29)14-20-7-4-5-9-24(20)28/h4-5,7,9-11,13,21H,6,8,12,14-16H2,1-3H3/b11-10+/t21-/m0/s1. The summed E-state index contributed by atoms with van der Waals surface area (Å²) in [7, 11) is 0. The second-order valence-corrected chi connectivity index (χ2v) is 9.70. The smallest absolute Gasteiger partial charge is 0.331 e. The monoisotopic (exact) mass is 529 g/mol. The molecule has 1 atom stereocenters. The lowest BCUT2D eigenvalue weighted by Crippen LogP contribution is -2.18. The average molecular weight is 530 g/mol. The van der Waals surface area contributed by atoms with Crippen LogP contribution in [0.5, 0.6) is 0 Å². The summed E-state index contributed by atoms with van der Waals surface area (Å²) in [5.41, 5.74) is 4.54. The molecule has 1 fully saturated rings. The third-order valence-corrected chi connectivity index (χ3v) is 7.17. The number of esters is 1. The highest BCUT2D eigenvalue weighted by molar-refractivity contribution is 6.32. The molecule has 7 nitrogen and oxygen atoms in total. The van der Waals surface area contributed by atoms with Crippen molar-refractivity contribution in [3.05, 3.63) is 80.4 Å². The molecule has 0 N–H and O–H groups in total. The highest BCUT2D eigenvalue weighted by Crippen LogP contribution is 2.25. The third kappa shape index (κ3) is 5.91. The molecule has 0 unspecified atom stereocenters. The molecule has 190 valence electrons. The van der Waals surface area contributed by atoms with Gasteiger partial charge in [-0.15, -0.1) is 0 Å². The Bertz CT molecular complexity index is 1300. The summed E-state index contributed by atoms with van der Waals surface area (Å²) in [6.45, 7) is 7.23. The maximum Gasteiger partial charge on any atom is 0.331 e. The van der Waals surface area contributed by atoms with Gasteiger partial charge in [-0.3, -0.25) is 4.79 Å². The first-order valence-electron chi connectivity index (χ1n) is 11.9. The zero-order valence-electron chi connectivity index (χ0n) is 20.6. The molecule has 1 saturated heterocycles. The van der Waals surface area contributed by atoms with Crippen LogP contribution in [0, 0.1) is 20.8 Å². The minimum atomic E-state index is -0.633. The number of aromatic nitrogens is 3. The van der Waals surface area contributed by atoms with Crippen LogP contribution in [0.15, 0.2) is 36.4 Å². The molecule has 0 amide bonds. The van der Waals surface area contributed by atoms with E-state index in [1.54, 1.807) is 23.7 Å². The lowest BCUT2D eigenvalue weighted by atomic mass is 10.1. The molecule has 36 heavy (non-hydrogen) atoms. The number of nitrogens with zero attached hydrogens (tertiary/aromatic N) is 3. The van der Waals surface area contributed by atoms with E-state index in [9.17, 15) is 9.59 Å². The van der Waals surface area contributed by atoms with Gasteiger partial charge >= 0.3 is 5.97 Å². The lowest BCUT2D eigenvalue weighted by Gasteiger charge is -2.14. The zero-order chi connectivity index (χ0) is 25.8. The maximum absolute atomic E-state index is 12.8. The van der Waals surface area contributed by atoms with Crippen molar-refractivity contribution in [2.24, 2.45) is 0 Å². The van der Waals surface area contributed by atoms with Gasteiger partial charge in [0.1, 0.15) is 5.15 Å². The van der Waals surface area contributed by atoms with Gasteiger partial charge in [0.25, 0.3) is 0 Å². The molecular weight excluding hydrogens is 501 g/mol. The zero-order valence-corrected chi connectivity index (χ0v) is 22.1. The first kappa shape index (κ1) is 26.2. The predicted octanol–water partition coefficient (Wildman–Crippen LogP) is 5.58. The van der Waals surface area contributed by atoms with E-state index < -0.39 is 5.97 Å². The first-order chi connectivity index (χ1) is 17.2. The van der Waals surface area contributed by atoms with E-state index >= 15 is 0 Å². The van der Waals surface area contributed by atoms with E-state index in [0.29, 0.717) is 33.5 Å². The number of hydrogen-bond acceptors (Lipinski definition) is 5. The Hall–Kier alpha value is -2.87. The van der Waals surface area contributed by atoms with Gasteiger partial charge in [0, 0.05) is 46.8 Å². The second kappa shape index (κ2) is 11.5. The summed E-state index contributed by atoms with van der Waals surface area (Å²) < 4.78 is 14.7. The fourth-order valence-electron chi connectivity index (χ4n) is 4.42. The number of halogens is 2. The normalized spacial score (nSPS) is 15.6. The molecule has 0 saturated carbocycles. The van der Waals surface area contributed by atoms with Gasteiger partial charge in [0.15, 0.2) is 6.61 Å². The SMILES string of the molecule is Cc1nn(Cc2ccccc2Cl)c(Cl)c1/C=C/C(=O)OCC(=O)c1cc(C)n(C[C@@H]2CCCO2)c1C. The van der Waals surface area contributed by atoms with Crippen molar-refractivity contribution >= 4 is 41.0 Å². The van der Waals surface area contributed by atoms with Crippen molar-refractivity contribution in [1.82, 2.24) is 14.3 Å². The van der Waals surface area contributed by atoms with Gasteiger partial charge in [-0.1, -0.05) is 41.4 Å². The highest BCUT2D eigenvalue weighted by Gasteiger charge is 2.21. The summed E-state index contributed by atoms with van der Waals surface area (Å²) >= 11 is 12.8. The summed E-state index contributed by atoms with van der Waals surface area (Å²) in [4.78, 5) is 25.1. The number of ketones is 1. The predicted molar refractivity (Wildman–Crippen MR) is 140 cm³/mol. The molecule has 4 rings (SSSR count). The molecule has 1 aliphatic heterocycles. The molecule has 9 heteroatoms. The van der Waals surface area contributed by atoms with Gasteiger partial charge in [0.2, 0.25) is 5.78 Å². The van der Waals surface area contributed by atoms with Crippen molar-refractivity contribution in [2.75, 3.05) is 13.2 Å². The number of hydrogen-bond donors (Lipinski definition) is 0. The van der Waals surface area contributed by atoms with Gasteiger partial charge in [0.05, 0.1) is 18.3 Å². The number of benzene rings is 1. The van der Waals surface area contributed by atoms with Gasteiger partial charge in [-0.2, -0.15) is 5.10 Å². The Labute approximate surface area is 220 Å². The molecule has 0 bridgehead atoms. The molecule has 1 aromatic carbocycles. The van der Waals surface area contributed by atoms with E-state index in [4.69, 9.17) is 32.7 Å². The van der Waals surface area contributed by atoms with Crippen molar-refractivity contribution in [2.45, 2.75) is 52.8 Å². The van der Waals surface area contributed by atoms with E-state index in [2.05, 4.69) is 9.67 Å². The Balaban J connectivity index is 1.36. The Morgan fingerprint density at radius 2 is 2.00 bits per heavy atom. The van der Waals surface area contributed by atoms with Crippen LogP contribution in [-0.2, 0) is 27.4 Å². The number of rotatable bonds is 9. The van der Waals surface area contributed by atoms with Gasteiger partial charge in [-0.25, -0.2) is 9.48 Å². The molecule has 3 heterocycles. The van der Waals surface area contributed by atoms with Crippen LogP contribution in [-0.4, -0.2) is 45.4 Å². The summed E-state index contributed by atoms with van der Waals surface area (Å²) in [6, 6.07) is 9.30. The van der Waals surface area contributed by atoms with Crippen LogP contribution >= 0.6 is 23.2 Å². The van der Waals surface area contributed by atoms with Crippen LogP contribution in [0.3, 0.4) is 0 Å². The molecule has 0 spiro atoms. The number of carbonyl (C=O) groups is 2.